The van der Waals surface area contributed by atoms with Crippen molar-refractivity contribution in [2.24, 2.45) is 11.5 Å². The lowest BCUT2D eigenvalue weighted by Crippen LogP contribution is -2.43. The van der Waals surface area contributed by atoms with Gasteiger partial charge in [-0.2, -0.15) is 0 Å². The summed E-state index contributed by atoms with van der Waals surface area (Å²) in [6.45, 7) is 0.375. The zero-order valence-corrected chi connectivity index (χ0v) is 14.8. The van der Waals surface area contributed by atoms with Crippen LogP contribution < -0.4 is 16.2 Å². The molecule has 0 spiro atoms. The number of hydrogen-bond acceptors (Lipinski definition) is 4. The van der Waals surface area contributed by atoms with Crippen LogP contribution in [0, 0.1) is 0 Å². The van der Waals surface area contributed by atoms with E-state index in [2.05, 4.69) is 0 Å². The van der Waals surface area contributed by atoms with Crippen LogP contribution in [0.4, 0.5) is 0 Å². The van der Waals surface area contributed by atoms with Gasteiger partial charge in [0.2, 0.25) is 5.91 Å². The fourth-order valence-electron chi connectivity index (χ4n) is 3.17. The second kappa shape index (κ2) is 7.90. The predicted octanol–water partition coefficient (Wildman–Crippen LogP) is 1.31. The highest BCUT2D eigenvalue weighted by molar-refractivity contribution is 5.98. The van der Waals surface area contributed by atoms with Crippen molar-refractivity contribution in [1.82, 2.24) is 4.90 Å². The van der Waals surface area contributed by atoms with Crippen molar-refractivity contribution in [3.63, 3.8) is 0 Å². The summed E-state index contributed by atoms with van der Waals surface area (Å²) in [6.07, 6.45) is 1.39. The Balaban J connectivity index is 1.70. The SMILES string of the molecule is NC(=O)COc1ccc(-c2ccc(C(=O)N3CCC[C@H]3C(N)=O)cc2)cc1. The first-order valence-corrected chi connectivity index (χ1v) is 8.67. The number of carbonyl (C=O) groups excluding carboxylic acids is 3. The average molecular weight is 367 g/mol. The van der Waals surface area contributed by atoms with E-state index in [9.17, 15) is 14.4 Å². The van der Waals surface area contributed by atoms with E-state index in [4.69, 9.17) is 16.2 Å². The summed E-state index contributed by atoms with van der Waals surface area (Å²) in [4.78, 5) is 36.4. The molecule has 1 aliphatic rings. The van der Waals surface area contributed by atoms with Crippen molar-refractivity contribution in [2.45, 2.75) is 18.9 Å². The molecule has 7 heteroatoms. The molecule has 0 aliphatic carbocycles. The summed E-state index contributed by atoms with van der Waals surface area (Å²) in [5, 5.41) is 0. The van der Waals surface area contributed by atoms with Crippen molar-refractivity contribution in [3.05, 3.63) is 54.1 Å². The topological polar surface area (TPSA) is 116 Å². The summed E-state index contributed by atoms with van der Waals surface area (Å²) in [6, 6.07) is 13.9. The lowest BCUT2D eigenvalue weighted by Gasteiger charge is -2.22. The van der Waals surface area contributed by atoms with E-state index in [1.807, 2.05) is 24.3 Å². The van der Waals surface area contributed by atoms with Crippen molar-refractivity contribution in [3.8, 4) is 16.9 Å². The van der Waals surface area contributed by atoms with Crippen LogP contribution in [0.3, 0.4) is 0 Å². The van der Waals surface area contributed by atoms with E-state index in [-0.39, 0.29) is 12.5 Å². The van der Waals surface area contributed by atoms with Gasteiger partial charge in [-0.3, -0.25) is 14.4 Å². The van der Waals surface area contributed by atoms with Gasteiger partial charge in [-0.15, -0.1) is 0 Å². The molecule has 3 rings (SSSR count). The van der Waals surface area contributed by atoms with E-state index in [1.165, 1.54) is 0 Å². The first-order valence-electron chi connectivity index (χ1n) is 8.67. The van der Waals surface area contributed by atoms with Gasteiger partial charge < -0.3 is 21.1 Å². The highest BCUT2D eigenvalue weighted by Gasteiger charge is 2.33. The molecule has 0 saturated carbocycles. The molecule has 1 aliphatic heterocycles. The van der Waals surface area contributed by atoms with Gasteiger partial charge in [0, 0.05) is 12.1 Å². The Morgan fingerprint density at radius 1 is 0.963 bits per heavy atom. The standard InChI is InChI=1S/C20H21N3O4/c21-18(24)12-27-16-9-7-14(8-10-16)13-3-5-15(6-4-13)20(26)23-11-1-2-17(23)19(22)25/h3-10,17H,1-2,11-12H2,(H2,21,24)(H2,22,25)/t17-/m0/s1. The first-order chi connectivity index (χ1) is 13.0. The highest BCUT2D eigenvalue weighted by Crippen LogP contribution is 2.25. The van der Waals surface area contributed by atoms with Crippen LogP contribution in [0.15, 0.2) is 48.5 Å². The van der Waals surface area contributed by atoms with Gasteiger partial charge in [0.1, 0.15) is 11.8 Å². The number of nitrogens with zero attached hydrogens (tertiary/aromatic N) is 1. The Bertz CT molecular complexity index is 847. The number of carbonyl (C=O) groups is 3. The number of benzene rings is 2. The van der Waals surface area contributed by atoms with E-state index in [0.717, 1.165) is 17.5 Å². The number of hydrogen-bond donors (Lipinski definition) is 2. The summed E-state index contributed by atoms with van der Waals surface area (Å²) in [5.74, 6) is -0.624. The van der Waals surface area contributed by atoms with Gasteiger partial charge >= 0.3 is 0 Å². The number of rotatable bonds is 6. The average Bonchev–Trinajstić information content (AvgIpc) is 3.16. The van der Waals surface area contributed by atoms with Crippen molar-refractivity contribution >= 4 is 17.7 Å². The molecule has 7 nitrogen and oxygen atoms in total. The van der Waals surface area contributed by atoms with E-state index < -0.39 is 17.9 Å². The number of nitrogens with two attached hydrogens (primary N) is 2. The van der Waals surface area contributed by atoms with Gasteiger partial charge in [0.25, 0.3) is 11.8 Å². The molecule has 1 saturated heterocycles. The molecular formula is C20H21N3O4. The maximum absolute atomic E-state index is 12.6. The predicted molar refractivity (Wildman–Crippen MR) is 99.8 cm³/mol. The summed E-state index contributed by atoms with van der Waals surface area (Å²) in [5.41, 5.74) is 12.8. The number of primary amides is 2. The van der Waals surface area contributed by atoms with Gasteiger partial charge in [0.05, 0.1) is 0 Å². The smallest absolute Gasteiger partial charge is 0.255 e. The van der Waals surface area contributed by atoms with Crippen LogP contribution in [-0.4, -0.2) is 41.8 Å². The molecule has 27 heavy (non-hydrogen) atoms. The van der Waals surface area contributed by atoms with Crippen molar-refractivity contribution in [1.29, 1.82) is 0 Å². The minimum atomic E-state index is -0.532. The Hall–Kier alpha value is -3.35. The van der Waals surface area contributed by atoms with Crippen LogP contribution in [0.2, 0.25) is 0 Å². The third-order valence-electron chi connectivity index (χ3n) is 4.54. The zero-order valence-electron chi connectivity index (χ0n) is 14.8. The first kappa shape index (κ1) is 18.4. The summed E-state index contributed by atoms with van der Waals surface area (Å²) in [7, 11) is 0. The molecule has 0 radical (unpaired) electrons. The van der Waals surface area contributed by atoms with Crippen molar-refractivity contribution < 1.29 is 19.1 Å². The Morgan fingerprint density at radius 2 is 1.56 bits per heavy atom. The number of likely N-dealkylation sites (tertiary alicyclic amines) is 1. The minimum absolute atomic E-state index is 0.168. The van der Waals surface area contributed by atoms with Crippen LogP contribution in [0.25, 0.3) is 11.1 Å². The number of amides is 3. The van der Waals surface area contributed by atoms with Crippen LogP contribution in [0.5, 0.6) is 5.75 Å². The fraction of sp³-hybridized carbons (Fsp3) is 0.250. The third-order valence-corrected chi connectivity index (χ3v) is 4.54. The van der Waals surface area contributed by atoms with Gasteiger partial charge in [-0.25, -0.2) is 0 Å². The van der Waals surface area contributed by atoms with Gasteiger partial charge in [-0.05, 0) is 48.2 Å². The lowest BCUT2D eigenvalue weighted by molar-refractivity contribution is -0.121. The second-order valence-electron chi connectivity index (χ2n) is 6.42. The molecule has 2 aromatic rings. The zero-order chi connectivity index (χ0) is 19.4. The molecule has 140 valence electrons. The van der Waals surface area contributed by atoms with Crippen LogP contribution >= 0.6 is 0 Å². The third kappa shape index (κ3) is 4.25. The Kier molecular flexibility index (Phi) is 5.40. The quantitative estimate of drug-likeness (QED) is 0.801. The Labute approximate surface area is 156 Å². The summed E-state index contributed by atoms with van der Waals surface area (Å²) >= 11 is 0. The van der Waals surface area contributed by atoms with Crippen molar-refractivity contribution in [2.75, 3.05) is 13.2 Å². The van der Waals surface area contributed by atoms with Crippen LogP contribution in [-0.2, 0) is 9.59 Å². The van der Waals surface area contributed by atoms with Crippen LogP contribution in [0.1, 0.15) is 23.2 Å². The van der Waals surface area contributed by atoms with E-state index >= 15 is 0 Å². The normalized spacial score (nSPS) is 16.1. The maximum atomic E-state index is 12.6. The second-order valence-corrected chi connectivity index (χ2v) is 6.42. The number of ether oxygens (including phenoxy) is 1. The van der Waals surface area contributed by atoms with Gasteiger partial charge in [-0.1, -0.05) is 24.3 Å². The summed E-state index contributed by atoms with van der Waals surface area (Å²) < 4.78 is 5.23. The van der Waals surface area contributed by atoms with Gasteiger partial charge in [0.15, 0.2) is 6.61 Å². The lowest BCUT2D eigenvalue weighted by atomic mass is 10.0. The highest BCUT2D eigenvalue weighted by atomic mass is 16.5. The fourth-order valence-corrected chi connectivity index (χ4v) is 3.17. The molecule has 2 aromatic carbocycles. The Morgan fingerprint density at radius 3 is 2.11 bits per heavy atom. The molecule has 1 fully saturated rings. The molecule has 3 amide bonds. The molecule has 1 atom stereocenters. The molecule has 0 unspecified atom stereocenters. The van der Waals surface area contributed by atoms with E-state index in [0.29, 0.717) is 24.3 Å². The molecule has 0 bridgehead atoms. The maximum Gasteiger partial charge on any atom is 0.255 e. The minimum Gasteiger partial charge on any atom is -0.484 e. The largest absolute Gasteiger partial charge is 0.484 e. The molecule has 0 aromatic heterocycles. The molecule has 4 N–H and O–H groups in total. The molecule has 1 heterocycles. The molecular weight excluding hydrogens is 346 g/mol. The van der Waals surface area contributed by atoms with E-state index in [1.54, 1.807) is 29.2 Å². The monoisotopic (exact) mass is 367 g/mol.